The Morgan fingerprint density at radius 1 is 1.00 bits per heavy atom. The van der Waals surface area contributed by atoms with Gasteiger partial charge in [0.1, 0.15) is 17.9 Å². The molecule has 3 N–H and O–H groups in total. The number of aliphatic hydroxyl groups is 1. The quantitative estimate of drug-likeness (QED) is 0.391. The first-order chi connectivity index (χ1) is 17.7. The van der Waals surface area contributed by atoms with Crippen LogP contribution in [0.2, 0.25) is 0 Å². The van der Waals surface area contributed by atoms with Crippen molar-refractivity contribution >= 4 is 28.5 Å². The lowest BCUT2D eigenvalue weighted by Crippen LogP contribution is -2.36. The number of amides is 1. The molecule has 0 unspecified atom stereocenters. The van der Waals surface area contributed by atoms with E-state index < -0.39 is 0 Å². The molecule has 8 heteroatoms. The molecule has 4 aromatic rings. The number of carbonyl (C=O) groups excluding carboxylic acids is 1. The van der Waals surface area contributed by atoms with Gasteiger partial charge in [0.05, 0.1) is 17.5 Å². The first-order valence-corrected chi connectivity index (χ1v) is 12.6. The van der Waals surface area contributed by atoms with E-state index in [-0.39, 0.29) is 18.1 Å². The number of furan rings is 1. The number of benzene rings is 2. The standard InChI is InChI=1S/C28H29N5O3/c34-21-12-15-33(16-13-21)26-24-23(18-5-2-1-3-6-18)25(36-28(24)31-17-30-26)19-8-10-20(11-9-19)32-27(35)22-7-4-14-29-22/h1-3,5-6,8-11,17,21-22,29,34H,4,7,12-16H2,(H,32,35)/t22-/m1/s1. The lowest BCUT2D eigenvalue weighted by Gasteiger charge is -2.30. The monoisotopic (exact) mass is 483 g/mol. The zero-order chi connectivity index (χ0) is 24.5. The van der Waals surface area contributed by atoms with Crippen molar-refractivity contribution in [1.29, 1.82) is 0 Å². The van der Waals surface area contributed by atoms with Gasteiger partial charge >= 0.3 is 0 Å². The molecule has 6 rings (SSSR count). The Kier molecular flexibility index (Phi) is 6.13. The number of piperidine rings is 1. The van der Waals surface area contributed by atoms with E-state index in [1.54, 1.807) is 6.33 Å². The summed E-state index contributed by atoms with van der Waals surface area (Å²) < 4.78 is 6.37. The van der Waals surface area contributed by atoms with Crippen molar-refractivity contribution in [2.24, 2.45) is 0 Å². The summed E-state index contributed by atoms with van der Waals surface area (Å²) in [7, 11) is 0. The van der Waals surface area contributed by atoms with Crippen molar-refractivity contribution in [2.75, 3.05) is 29.9 Å². The van der Waals surface area contributed by atoms with E-state index in [9.17, 15) is 9.90 Å². The third-order valence-electron chi connectivity index (χ3n) is 7.09. The molecule has 1 atom stereocenters. The van der Waals surface area contributed by atoms with Crippen molar-refractivity contribution in [3.05, 3.63) is 60.9 Å². The number of carbonyl (C=O) groups is 1. The molecular formula is C28H29N5O3. The van der Waals surface area contributed by atoms with E-state index in [1.807, 2.05) is 42.5 Å². The fourth-order valence-electron chi connectivity index (χ4n) is 5.16. The minimum absolute atomic E-state index is 0.000489. The average Bonchev–Trinajstić information content (AvgIpc) is 3.59. The van der Waals surface area contributed by atoms with Gasteiger partial charge in [-0.15, -0.1) is 0 Å². The highest BCUT2D eigenvalue weighted by Gasteiger charge is 2.27. The van der Waals surface area contributed by atoms with Crippen molar-refractivity contribution in [3.8, 4) is 22.5 Å². The molecule has 0 aliphatic carbocycles. The van der Waals surface area contributed by atoms with Crippen LogP contribution in [0, 0.1) is 0 Å². The normalized spacial score (nSPS) is 18.6. The smallest absolute Gasteiger partial charge is 0.241 e. The second kappa shape index (κ2) is 9.72. The maximum absolute atomic E-state index is 12.5. The molecule has 0 saturated carbocycles. The highest BCUT2D eigenvalue weighted by atomic mass is 16.3. The number of aliphatic hydroxyl groups excluding tert-OH is 1. The molecule has 2 aromatic carbocycles. The van der Waals surface area contributed by atoms with E-state index in [1.165, 1.54) is 0 Å². The van der Waals surface area contributed by atoms with E-state index in [0.29, 0.717) is 24.3 Å². The summed E-state index contributed by atoms with van der Waals surface area (Å²) in [4.78, 5) is 23.8. The first-order valence-electron chi connectivity index (χ1n) is 12.6. The van der Waals surface area contributed by atoms with Crippen LogP contribution < -0.4 is 15.5 Å². The van der Waals surface area contributed by atoms with E-state index >= 15 is 0 Å². The van der Waals surface area contributed by atoms with Gasteiger partial charge in [0.15, 0.2) is 0 Å². The zero-order valence-corrected chi connectivity index (χ0v) is 20.0. The van der Waals surface area contributed by atoms with Crippen LogP contribution in [-0.2, 0) is 4.79 Å². The molecule has 1 amide bonds. The predicted octanol–water partition coefficient (Wildman–Crippen LogP) is 4.21. The summed E-state index contributed by atoms with van der Waals surface area (Å²) in [6, 6.07) is 17.7. The van der Waals surface area contributed by atoms with E-state index in [0.717, 1.165) is 66.1 Å². The average molecular weight is 484 g/mol. The third-order valence-corrected chi connectivity index (χ3v) is 7.09. The van der Waals surface area contributed by atoms with Crippen molar-refractivity contribution in [1.82, 2.24) is 15.3 Å². The third kappa shape index (κ3) is 4.34. The minimum atomic E-state index is -0.268. The van der Waals surface area contributed by atoms with Crippen LogP contribution in [0.4, 0.5) is 11.5 Å². The first kappa shape index (κ1) is 22.7. The lowest BCUT2D eigenvalue weighted by molar-refractivity contribution is -0.117. The Hall–Kier alpha value is -3.75. The van der Waals surface area contributed by atoms with Gasteiger partial charge in [-0.2, -0.15) is 0 Å². The highest BCUT2D eigenvalue weighted by molar-refractivity contribution is 6.06. The van der Waals surface area contributed by atoms with Gasteiger partial charge in [-0.25, -0.2) is 9.97 Å². The van der Waals surface area contributed by atoms with Gasteiger partial charge in [0.25, 0.3) is 0 Å². The van der Waals surface area contributed by atoms with E-state index in [2.05, 4.69) is 37.6 Å². The topological polar surface area (TPSA) is 104 Å². The number of aromatic nitrogens is 2. The Balaban J connectivity index is 1.40. The predicted molar refractivity (Wildman–Crippen MR) is 140 cm³/mol. The van der Waals surface area contributed by atoms with Gasteiger partial charge < -0.3 is 25.1 Å². The SMILES string of the molecule is O=C(Nc1ccc(-c2oc3ncnc(N4CCC(O)CC4)c3c2-c2ccccc2)cc1)[C@H]1CCCN1. The highest BCUT2D eigenvalue weighted by Crippen LogP contribution is 2.43. The number of fused-ring (bicyclic) bond motifs is 1. The molecular weight excluding hydrogens is 454 g/mol. The summed E-state index contributed by atoms with van der Waals surface area (Å²) in [6.07, 6.45) is 4.58. The lowest BCUT2D eigenvalue weighted by atomic mass is 9.98. The number of anilines is 2. The zero-order valence-electron chi connectivity index (χ0n) is 20.0. The Morgan fingerprint density at radius 3 is 2.50 bits per heavy atom. The van der Waals surface area contributed by atoms with Crippen LogP contribution in [-0.4, -0.2) is 52.8 Å². The van der Waals surface area contributed by atoms with Crippen LogP contribution >= 0.6 is 0 Å². The van der Waals surface area contributed by atoms with Crippen molar-refractivity contribution in [3.63, 3.8) is 0 Å². The molecule has 0 radical (unpaired) electrons. The number of nitrogens with zero attached hydrogens (tertiary/aromatic N) is 3. The van der Waals surface area contributed by atoms with Crippen LogP contribution in [0.25, 0.3) is 33.6 Å². The molecule has 2 saturated heterocycles. The van der Waals surface area contributed by atoms with Crippen LogP contribution in [0.15, 0.2) is 65.3 Å². The molecule has 2 aliphatic heterocycles. The van der Waals surface area contributed by atoms with Gasteiger partial charge in [-0.3, -0.25) is 4.79 Å². The minimum Gasteiger partial charge on any atom is -0.437 e. The van der Waals surface area contributed by atoms with Gasteiger partial charge in [0.2, 0.25) is 11.6 Å². The van der Waals surface area contributed by atoms with Crippen LogP contribution in [0.3, 0.4) is 0 Å². The summed E-state index contributed by atoms with van der Waals surface area (Å²) in [5.41, 5.74) is 4.14. The number of nitrogens with one attached hydrogen (secondary N) is 2. The molecule has 2 aromatic heterocycles. The number of hydrogen-bond acceptors (Lipinski definition) is 7. The Morgan fingerprint density at radius 2 is 1.78 bits per heavy atom. The summed E-state index contributed by atoms with van der Waals surface area (Å²) in [6.45, 7) is 2.34. The maximum Gasteiger partial charge on any atom is 0.241 e. The van der Waals surface area contributed by atoms with Crippen LogP contribution in [0.1, 0.15) is 25.7 Å². The second-order valence-electron chi connectivity index (χ2n) is 9.48. The van der Waals surface area contributed by atoms with Gasteiger partial charge in [0, 0.05) is 29.9 Å². The fourth-order valence-corrected chi connectivity index (χ4v) is 5.16. The summed E-state index contributed by atoms with van der Waals surface area (Å²) in [5.74, 6) is 1.54. The fraction of sp³-hybridized carbons (Fsp3) is 0.321. The van der Waals surface area contributed by atoms with Crippen LogP contribution in [0.5, 0.6) is 0 Å². The summed E-state index contributed by atoms with van der Waals surface area (Å²) in [5, 5.41) is 17.1. The molecule has 184 valence electrons. The molecule has 4 heterocycles. The second-order valence-corrected chi connectivity index (χ2v) is 9.48. The molecule has 0 spiro atoms. The van der Waals surface area contributed by atoms with Gasteiger partial charge in [-0.1, -0.05) is 30.3 Å². The molecule has 8 nitrogen and oxygen atoms in total. The molecule has 36 heavy (non-hydrogen) atoms. The molecule has 2 aliphatic rings. The van der Waals surface area contributed by atoms with E-state index in [4.69, 9.17) is 4.42 Å². The van der Waals surface area contributed by atoms with Gasteiger partial charge in [-0.05, 0) is 62.1 Å². The van der Waals surface area contributed by atoms with Crippen molar-refractivity contribution in [2.45, 2.75) is 37.8 Å². The molecule has 0 bridgehead atoms. The number of hydrogen-bond donors (Lipinski definition) is 3. The molecule has 2 fully saturated rings. The number of rotatable bonds is 5. The Labute approximate surface area is 209 Å². The maximum atomic E-state index is 12.5. The largest absolute Gasteiger partial charge is 0.437 e. The summed E-state index contributed by atoms with van der Waals surface area (Å²) >= 11 is 0. The Bertz CT molecular complexity index is 1360. The van der Waals surface area contributed by atoms with Crippen molar-refractivity contribution < 1.29 is 14.3 Å².